The van der Waals surface area contributed by atoms with Crippen molar-refractivity contribution >= 4 is 11.8 Å². The van der Waals surface area contributed by atoms with Crippen molar-refractivity contribution in [3.05, 3.63) is 53.3 Å². The smallest absolute Gasteiger partial charge is 0.257 e. The van der Waals surface area contributed by atoms with Gasteiger partial charge in [0, 0.05) is 38.1 Å². The quantitative estimate of drug-likeness (QED) is 0.893. The van der Waals surface area contributed by atoms with Gasteiger partial charge in [-0.15, -0.1) is 0 Å². The van der Waals surface area contributed by atoms with Crippen LogP contribution in [0.5, 0.6) is 5.75 Å². The average Bonchev–Trinajstić information content (AvgIpc) is 3.20. The van der Waals surface area contributed by atoms with E-state index in [1.165, 1.54) is 0 Å². The van der Waals surface area contributed by atoms with E-state index in [1.54, 1.807) is 12.0 Å². The number of aryl methyl sites for hydroxylation is 1. The molecule has 138 valence electrons. The summed E-state index contributed by atoms with van der Waals surface area (Å²) in [7, 11) is 1.58. The lowest BCUT2D eigenvalue weighted by atomic mass is 10.1. The van der Waals surface area contributed by atoms with Gasteiger partial charge in [0.15, 0.2) is 0 Å². The molecule has 1 aromatic heterocycles. The summed E-state index contributed by atoms with van der Waals surface area (Å²) in [5.41, 5.74) is 2.61. The van der Waals surface area contributed by atoms with Crippen molar-refractivity contribution in [2.24, 2.45) is 0 Å². The third kappa shape index (κ3) is 3.90. The maximum absolute atomic E-state index is 12.9. The molecule has 1 N–H and O–H groups in total. The van der Waals surface area contributed by atoms with Gasteiger partial charge < -0.3 is 19.5 Å². The predicted molar refractivity (Wildman–Crippen MR) is 99.4 cm³/mol. The number of nitrogens with zero attached hydrogens (tertiary/aromatic N) is 2. The Hall–Kier alpha value is -2.76. The molecule has 1 aromatic carbocycles. The van der Waals surface area contributed by atoms with Crippen molar-refractivity contribution in [2.75, 3.05) is 33.3 Å². The largest absolute Gasteiger partial charge is 0.496 e. The van der Waals surface area contributed by atoms with Crippen LogP contribution in [0.15, 0.2) is 36.5 Å². The molecule has 2 aromatic rings. The van der Waals surface area contributed by atoms with E-state index in [-0.39, 0.29) is 11.8 Å². The van der Waals surface area contributed by atoms with Gasteiger partial charge >= 0.3 is 0 Å². The molecule has 6 nitrogen and oxygen atoms in total. The Morgan fingerprint density at radius 2 is 1.85 bits per heavy atom. The van der Waals surface area contributed by atoms with Crippen molar-refractivity contribution in [1.29, 1.82) is 0 Å². The number of benzene rings is 1. The van der Waals surface area contributed by atoms with E-state index in [1.807, 2.05) is 41.4 Å². The van der Waals surface area contributed by atoms with E-state index >= 15 is 0 Å². The molecular weight excluding hydrogens is 330 g/mol. The number of nitrogens with one attached hydrogen (secondary N) is 1. The SMILES string of the molecule is CCc1ccc(OC)c(C(=O)N2CCN(C(=O)Cc3ccc[nH]3)CC2)c1. The molecule has 1 fully saturated rings. The molecule has 0 bridgehead atoms. The molecule has 26 heavy (non-hydrogen) atoms. The fourth-order valence-corrected chi connectivity index (χ4v) is 3.22. The van der Waals surface area contributed by atoms with Gasteiger partial charge in [0.1, 0.15) is 5.75 Å². The van der Waals surface area contributed by atoms with Crippen LogP contribution < -0.4 is 4.74 Å². The first-order chi connectivity index (χ1) is 12.6. The van der Waals surface area contributed by atoms with Crippen molar-refractivity contribution < 1.29 is 14.3 Å². The lowest BCUT2D eigenvalue weighted by molar-refractivity contribution is -0.132. The van der Waals surface area contributed by atoms with Gasteiger partial charge in [0.25, 0.3) is 5.91 Å². The summed E-state index contributed by atoms with van der Waals surface area (Å²) in [5.74, 6) is 0.649. The topological polar surface area (TPSA) is 65.6 Å². The van der Waals surface area contributed by atoms with Gasteiger partial charge in [-0.05, 0) is 36.2 Å². The monoisotopic (exact) mass is 355 g/mol. The number of hydrogen-bond donors (Lipinski definition) is 1. The minimum Gasteiger partial charge on any atom is -0.496 e. The third-order valence-corrected chi connectivity index (χ3v) is 4.83. The number of ether oxygens (including phenoxy) is 1. The summed E-state index contributed by atoms with van der Waals surface area (Å²) in [6.45, 7) is 4.25. The highest BCUT2D eigenvalue weighted by Crippen LogP contribution is 2.22. The molecule has 0 radical (unpaired) electrons. The molecule has 2 heterocycles. The number of aromatic nitrogens is 1. The van der Waals surface area contributed by atoms with Crippen LogP contribution in [0, 0.1) is 0 Å². The van der Waals surface area contributed by atoms with E-state index in [2.05, 4.69) is 11.9 Å². The first kappa shape index (κ1) is 18.0. The Bertz CT molecular complexity index is 763. The molecular formula is C20H25N3O3. The van der Waals surface area contributed by atoms with E-state index in [0.717, 1.165) is 17.7 Å². The average molecular weight is 355 g/mol. The lowest BCUT2D eigenvalue weighted by Gasteiger charge is -2.35. The molecule has 1 aliphatic heterocycles. The Morgan fingerprint density at radius 3 is 2.46 bits per heavy atom. The maximum Gasteiger partial charge on any atom is 0.257 e. The van der Waals surface area contributed by atoms with Crippen molar-refractivity contribution in [2.45, 2.75) is 19.8 Å². The fraction of sp³-hybridized carbons (Fsp3) is 0.400. The summed E-state index contributed by atoms with van der Waals surface area (Å²) >= 11 is 0. The third-order valence-electron chi connectivity index (χ3n) is 4.83. The summed E-state index contributed by atoms with van der Waals surface area (Å²) in [6, 6.07) is 9.53. The van der Waals surface area contributed by atoms with Gasteiger partial charge in [-0.3, -0.25) is 9.59 Å². The predicted octanol–water partition coefficient (Wildman–Crippen LogP) is 2.11. The van der Waals surface area contributed by atoms with Crippen LogP contribution >= 0.6 is 0 Å². The first-order valence-corrected chi connectivity index (χ1v) is 8.98. The molecule has 6 heteroatoms. The zero-order valence-corrected chi connectivity index (χ0v) is 15.3. The molecule has 0 aliphatic carbocycles. The Kier molecular flexibility index (Phi) is 5.61. The minimum absolute atomic E-state index is 0.0337. The standard InChI is InChI=1S/C20H25N3O3/c1-3-15-6-7-18(26-2)17(13-15)20(25)23-11-9-22(10-12-23)19(24)14-16-5-4-8-21-16/h4-8,13,21H,3,9-12,14H2,1-2H3. The molecule has 1 aliphatic rings. The molecule has 3 rings (SSSR count). The number of carbonyl (C=O) groups is 2. The highest BCUT2D eigenvalue weighted by atomic mass is 16.5. The second-order valence-corrected chi connectivity index (χ2v) is 6.43. The van der Waals surface area contributed by atoms with E-state index in [4.69, 9.17) is 4.74 Å². The molecule has 0 atom stereocenters. The number of H-pyrrole nitrogens is 1. The Morgan fingerprint density at radius 1 is 1.12 bits per heavy atom. The van der Waals surface area contributed by atoms with Crippen molar-refractivity contribution in [1.82, 2.24) is 14.8 Å². The number of aromatic amines is 1. The second-order valence-electron chi connectivity index (χ2n) is 6.43. The maximum atomic E-state index is 12.9. The number of piperazine rings is 1. The number of methoxy groups -OCH3 is 1. The van der Waals surface area contributed by atoms with Crippen molar-refractivity contribution in [3.63, 3.8) is 0 Å². The highest BCUT2D eigenvalue weighted by molar-refractivity contribution is 5.97. The van der Waals surface area contributed by atoms with Gasteiger partial charge in [0.05, 0.1) is 19.1 Å². The fourth-order valence-electron chi connectivity index (χ4n) is 3.22. The number of carbonyl (C=O) groups excluding carboxylic acids is 2. The lowest BCUT2D eigenvalue weighted by Crippen LogP contribution is -2.51. The summed E-state index contributed by atoms with van der Waals surface area (Å²) in [6.07, 6.45) is 3.05. The van der Waals surface area contributed by atoms with Crippen LogP contribution in [0.25, 0.3) is 0 Å². The van der Waals surface area contributed by atoms with Crippen LogP contribution in [-0.2, 0) is 17.6 Å². The van der Waals surface area contributed by atoms with E-state index < -0.39 is 0 Å². The number of amides is 2. The summed E-state index contributed by atoms with van der Waals surface area (Å²) in [4.78, 5) is 32.0. The van der Waals surface area contributed by atoms with Crippen LogP contribution in [0.2, 0.25) is 0 Å². The highest BCUT2D eigenvalue weighted by Gasteiger charge is 2.26. The van der Waals surface area contributed by atoms with E-state index in [0.29, 0.717) is 43.9 Å². The molecule has 0 spiro atoms. The van der Waals surface area contributed by atoms with Gasteiger partial charge in [0.2, 0.25) is 5.91 Å². The molecule has 2 amide bonds. The summed E-state index contributed by atoms with van der Waals surface area (Å²) in [5, 5.41) is 0. The van der Waals surface area contributed by atoms with Gasteiger partial charge in [-0.1, -0.05) is 13.0 Å². The molecule has 0 saturated carbocycles. The van der Waals surface area contributed by atoms with Crippen LogP contribution in [0.1, 0.15) is 28.5 Å². The zero-order valence-electron chi connectivity index (χ0n) is 15.3. The molecule has 1 saturated heterocycles. The number of hydrogen-bond acceptors (Lipinski definition) is 3. The number of rotatable bonds is 5. The van der Waals surface area contributed by atoms with Crippen LogP contribution in [-0.4, -0.2) is 59.9 Å². The van der Waals surface area contributed by atoms with Crippen LogP contribution in [0.3, 0.4) is 0 Å². The minimum atomic E-state index is -0.0337. The Labute approximate surface area is 153 Å². The second kappa shape index (κ2) is 8.08. The zero-order chi connectivity index (χ0) is 18.5. The summed E-state index contributed by atoms with van der Waals surface area (Å²) < 4.78 is 5.36. The van der Waals surface area contributed by atoms with Crippen LogP contribution in [0.4, 0.5) is 0 Å². The Balaban J connectivity index is 1.62. The molecule has 0 unspecified atom stereocenters. The van der Waals surface area contributed by atoms with Crippen molar-refractivity contribution in [3.8, 4) is 5.75 Å². The first-order valence-electron chi connectivity index (χ1n) is 8.98. The van der Waals surface area contributed by atoms with E-state index in [9.17, 15) is 9.59 Å². The normalized spacial score (nSPS) is 14.4. The van der Waals surface area contributed by atoms with Gasteiger partial charge in [-0.2, -0.15) is 0 Å². The van der Waals surface area contributed by atoms with Gasteiger partial charge in [-0.25, -0.2) is 0 Å².